The summed E-state index contributed by atoms with van der Waals surface area (Å²) in [6.45, 7) is 7.27. The first-order valence-electron chi connectivity index (χ1n) is 7.06. The van der Waals surface area contributed by atoms with E-state index in [0.717, 1.165) is 32.6 Å². The van der Waals surface area contributed by atoms with E-state index < -0.39 is 0 Å². The van der Waals surface area contributed by atoms with Crippen molar-refractivity contribution in [3.63, 3.8) is 0 Å². The Balaban J connectivity index is 1.72. The van der Waals surface area contributed by atoms with E-state index in [1.165, 1.54) is 0 Å². The van der Waals surface area contributed by atoms with Crippen molar-refractivity contribution in [2.45, 2.75) is 13.3 Å². The summed E-state index contributed by atoms with van der Waals surface area (Å²) in [6, 6.07) is 0. The van der Waals surface area contributed by atoms with Crippen LogP contribution in [0.15, 0.2) is 0 Å². The molecule has 6 nitrogen and oxygen atoms in total. The molecule has 0 aromatic carbocycles. The highest BCUT2D eigenvalue weighted by atomic mass is 16.5. The van der Waals surface area contributed by atoms with Crippen molar-refractivity contribution in [1.82, 2.24) is 15.1 Å². The quantitative estimate of drug-likeness (QED) is 0.733. The fourth-order valence-electron chi connectivity index (χ4n) is 2.57. The zero-order valence-electron chi connectivity index (χ0n) is 11.6. The molecule has 2 saturated heterocycles. The number of nitrogens with zero attached hydrogens (tertiary/aromatic N) is 2. The number of carbonyl (C=O) groups excluding carboxylic acids is 2. The number of carbonyl (C=O) groups is 2. The SMILES string of the molecule is CCNC(=O)CN1CCN(C(=O)C2CCOC2)CC1. The lowest BCUT2D eigenvalue weighted by Gasteiger charge is -2.35. The molecule has 2 heterocycles. The molecule has 2 amide bonds. The molecule has 0 aliphatic carbocycles. The molecule has 0 saturated carbocycles. The van der Waals surface area contributed by atoms with Crippen molar-refractivity contribution in [1.29, 1.82) is 0 Å². The first-order valence-corrected chi connectivity index (χ1v) is 7.06. The summed E-state index contributed by atoms with van der Waals surface area (Å²) in [7, 11) is 0. The van der Waals surface area contributed by atoms with Crippen molar-refractivity contribution in [2.75, 3.05) is 52.5 Å². The number of amides is 2. The Morgan fingerprint density at radius 2 is 2.00 bits per heavy atom. The van der Waals surface area contributed by atoms with Crippen molar-refractivity contribution in [2.24, 2.45) is 5.92 Å². The highest BCUT2D eigenvalue weighted by Crippen LogP contribution is 2.16. The van der Waals surface area contributed by atoms with E-state index in [2.05, 4.69) is 10.2 Å². The van der Waals surface area contributed by atoms with Crippen LogP contribution in [0.5, 0.6) is 0 Å². The Kier molecular flexibility index (Phi) is 5.15. The molecule has 1 atom stereocenters. The minimum Gasteiger partial charge on any atom is -0.381 e. The van der Waals surface area contributed by atoms with Crippen LogP contribution in [-0.2, 0) is 14.3 Å². The van der Waals surface area contributed by atoms with Crippen LogP contribution in [0.2, 0.25) is 0 Å². The third-order valence-corrected chi connectivity index (χ3v) is 3.70. The molecule has 2 aliphatic rings. The summed E-state index contributed by atoms with van der Waals surface area (Å²) in [6.07, 6.45) is 0.845. The molecule has 1 N–H and O–H groups in total. The average molecular weight is 269 g/mol. The van der Waals surface area contributed by atoms with E-state index in [-0.39, 0.29) is 17.7 Å². The maximum absolute atomic E-state index is 12.2. The Bertz CT molecular complexity index is 321. The van der Waals surface area contributed by atoms with Gasteiger partial charge >= 0.3 is 0 Å². The van der Waals surface area contributed by atoms with Crippen LogP contribution < -0.4 is 5.32 Å². The number of nitrogens with one attached hydrogen (secondary N) is 1. The van der Waals surface area contributed by atoms with Crippen LogP contribution in [0.1, 0.15) is 13.3 Å². The largest absolute Gasteiger partial charge is 0.381 e. The van der Waals surface area contributed by atoms with Crippen LogP contribution >= 0.6 is 0 Å². The fraction of sp³-hybridized carbons (Fsp3) is 0.846. The monoisotopic (exact) mass is 269 g/mol. The predicted octanol–water partition coefficient (Wildman–Crippen LogP) is -0.697. The van der Waals surface area contributed by atoms with E-state index >= 15 is 0 Å². The minimum atomic E-state index is 0.0509. The van der Waals surface area contributed by atoms with E-state index in [1.807, 2.05) is 11.8 Å². The topological polar surface area (TPSA) is 61.9 Å². The maximum Gasteiger partial charge on any atom is 0.234 e. The zero-order chi connectivity index (χ0) is 13.7. The summed E-state index contributed by atoms with van der Waals surface area (Å²) < 4.78 is 5.26. The maximum atomic E-state index is 12.2. The van der Waals surface area contributed by atoms with Gasteiger partial charge in [0.1, 0.15) is 0 Å². The van der Waals surface area contributed by atoms with Gasteiger partial charge in [-0.2, -0.15) is 0 Å². The molecule has 6 heteroatoms. The molecule has 2 aliphatic heterocycles. The Labute approximate surface area is 114 Å². The highest BCUT2D eigenvalue weighted by molar-refractivity contribution is 5.79. The highest BCUT2D eigenvalue weighted by Gasteiger charge is 2.30. The third-order valence-electron chi connectivity index (χ3n) is 3.70. The van der Waals surface area contributed by atoms with Gasteiger partial charge in [0.05, 0.1) is 19.1 Å². The van der Waals surface area contributed by atoms with Gasteiger partial charge in [-0.15, -0.1) is 0 Å². The smallest absolute Gasteiger partial charge is 0.234 e. The van der Waals surface area contributed by atoms with Crippen molar-refractivity contribution in [3.05, 3.63) is 0 Å². The average Bonchev–Trinajstić information content (AvgIpc) is 2.93. The van der Waals surface area contributed by atoms with Gasteiger partial charge in [-0.05, 0) is 13.3 Å². The molecule has 0 aromatic heterocycles. The molecule has 2 fully saturated rings. The lowest BCUT2D eigenvalue weighted by Crippen LogP contribution is -2.52. The standard InChI is InChI=1S/C13H23N3O3/c1-2-14-12(17)9-15-4-6-16(7-5-15)13(18)11-3-8-19-10-11/h11H,2-10H2,1H3,(H,14,17). The first kappa shape index (κ1) is 14.3. The molecule has 19 heavy (non-hydrogen) atoms. The zero-order valence-corrected chi connectivity index (χ0v) is 11.6. The van der Waals surface area contributed by atoms with Gasteiger partial charge in [0, 0.05) is 39.3 Å². The molecule has 0 aromatic rings. The van der Waals surface area contributed by atoms with Gasteiger partial charge in [-0.1, -0.05) is 0 Å². The number of likely N-dealkylation sites (N-methyl/N-ethyl adjacent to an activating group) is 1. The first-order chi connectivity index (χ1) is 9.20. The van der Waals surface area contributed by atoms with Crippen LogP contribution in [0, 0.1) is 5.92 Å². The summed E-state index contributed by atoms with van der Waals surface area (Å²) >= 11 is 0. The van der Waals surface area contributed by atoms with Crippen LogP contribution in [-0.4, -0.2) is 74.1 Å². The predicted molar refractivity (Wildman–Crippen MR) is 70.6 cm³/mol. The van der Waals surface area contributed by atoms with E-state index in [0.29, 0.717) is 26.3 Å². The number of hydrogen-bond donors (Lipinski definition) is 1. The van der Waals surface area contributed by atoms with E-state index in [4.69, 9.17) is 4.74 Å². The lowest BCUT2D eigenvalue weighted by molar-refractivity contribution is -0.137. The molecule has 108 valence electrons. The van der Waals surface area contributed by atoms with Gasteiger partial charge in [0.2, 0.25) is 11.8 Å². The van der Waals surface area contributed by atoms with Crippen LogP contribution in [0.4, 0.5) is 0 Å². The minimum absolute atomic E-state index is 0.0509. The molecule has 1 unspecified atom stereocenters. The summed E-state index contributed by atoms with van der Waals surface area (Å²) in [5.41, 5.74) is 0. The fourth-order valence-corrected chi connectivity index (χ4v) is 2.57. The number of piperazine rings is 1. The van der Waals surface area contributed by atoms with Crippen molar-refractivity contribution < 1.29 is 14.3 Å². The molecule has 2 rings (SSSR count). The summed E-state index contributed by atoms with van der Waals surface area (Å²) in [5, 5.41) is 2.79. The second-order valence-electron chi connectivity index (χ2n) is 5.12. The number of hydrogen-bond acceptors (Lipinski definition) is 4. The van der Waals surface area contributed by atoms with Gasteiger partial charge in [-0.25, -0.2) is 0 Å². The Hall–Kier alpha value is -1.14. The van der Waals surface area contributed by atoms with E-state index in [9.17, 15) is 9.59 Å². The third kappa shape index (κ3) is 3.91. The van der Waals surface area contributed by atoms with Crippen LogP contribution in [0.25, 0.3) is 0 Å². The molecule has 0 bridgehead atoms. The van der Waals surface area contributed by atoms with E-state index in [1.54, 1.807) is 0 Å². The second kappa shape index (κ2) is 6.86. The normalized spacial score (nSPS) is 24.5. The van der Waals surface area contributed by atoms with Gasteiger partial charge in [0.25, 0.3) is 0 Å². The Morgan fingerprint density at radius 1 is 1.26 bits per heavy atom. The summed E-state index contributed by atoms with van der Waals surface area (Å²) in [4.78, 5) is 27.7. The second-order valence-corrected chi connectivity index (χ2v) is 5.12. The molecule has 0 radical (unpaired) electrons. The lowest BCUT2D eigenvalue weighted by atomic mass is 10.1. The van der Waals surface area contributed by atoms with Gasteiger partial charge in [-0.3, -0.25) is 14.5 Å². The van der Waals surface area contributed by atoms with Gasteiger partial charge < -0.3 is 15.0 Å². The van der Waals surface area contributed by atoms with Gasteiger partial charge in [0.15, 0.2) is 0 Å². The molecular formula is C13H23N3O3. The van der Waals surface area contributed by atoms with Crippen molar-refractivity contribution in [3.8, 4) is 0 Å². The molecule has 0 spiro atoms. The molecular weight excluding hydrogens is 246 g/mol. The summed E-state index contributed by atoms with van der Waals surface area (Å²) in [5.74, 6) is 0.330. The number of ether oxygens (including phenoxy) is 1. The van der Waals surface area contributed by atoms with Crippen molar-refractivity contribution >= 4 is 11.8 Å². The van der Waals surface area contributed by atoms with Crippen LogP contribution in [0.3, 0.4) is 0 Å². The number of rotatable bonds is 4. The Morgan fingerprint density at radius 3 is 2.58 bits per heavy atom.